The normalized spacial score (nSPS) is 12.3. The highest BCUT2D eigenvalue weighted by atomic mass is 16.5. The van der Waals surface area contributed by atoms with Crippen LogP contribution in [0, 0.1) is 5.92 Å². The Balaban J connectivity index is 3.73. The molecule has 0 bridgehead atoms. The van der Waals surface area contributed by atoms with Crippen LogP contribution in [0.5, 0.6) is 0 Å². The molecule has 0 aliphatic carbocycles. The number of esters is 1. The molecule has 120 valence electrons. The van der Waals surface area contributed by atoms with Gasteiger partial charge >= 0.3 is 5.97 Å². The number of unbranched alkanes of at least 4 members (excludes halogenated alkanes) is 7. The predicted octanol–water partition coefficient (Wildman–Crippen LogP) is 5.89. The van der Waals surface area contributed by atoms with Gasteiger partial charge in [0.1, 0.15) is 0 Å². The molecule has 0 amide bonds. The average Bonchev–Trinajstić information content (AvgIpc) is 2.45. The molecule has 0 N–H and O–H groups in total. The maximum Gasteiger partial charge on any atom is 0.308 e. The lowest BCUT2D eigenvalue weighted by Gasteiger charge is -2.15. The number of hydrogen-bond donors (Lipinski definition) is 0. The van der Waals surface area contributed by atoms with Gasteiger partial charge in [-0.1, -0.05) is 78.6 Å². The lowest BCUT2D eigenvalue weighted by atomic mass is 9.96. The van der Waals surface area contributed by atoms with E-state index in [9.17, 15) is 4.79 Å². The van der Waals surface area contributed by atoms with E-state index in [1.807, 2.05) is 0 Å². The van der Waals surface area contributed by atoms with E-state index in [1.165, 1.54) is 51.4 Å². The number of ether oxygens (including phenoxy) is 1. The van der Waals surface area contributed by atoms with Crippen molar-refractivity contribution in [3.63, 3.8) is 0 Å². The Morgan fingerprint density at radius 1 is 0.750 bits per heavy atom. The Labute approximate surface area is 126 Å². The maximum absolute atomic E-state index is 12.1. The van der Waals surface area contributed by atoms with Gasteiger partial charge in [0.2, 0.25) is 0 Å². The van der Waals surface area contributed by atoms with Crippen LogP contribution in [0.3, 0.4) is 0 Å². The van der Waals surface area contributed by atoms with Gasteiger partial charge in [-0.05, 0) is 19.3 Å². The molecule has 0 aromatic rings. The fourth-order valence-electron chi connectivity index (χ4n) is 2.54. The van der Waals surface area contributed by atoms with Gasteiger partial charge < -0.3 is 4.74 Å². The topological polar surface area (TPSA) is 26.3 Å². The van der Waals surface area contributed by atoms with Crippen molar-refractivity contribution in [3.8, 4) is 0 Å². The largest absolute Gasteiger partial charge is 0.465 e. The molecule has 2 heteroatoms. The minimum absolute atomic E-state index is 0.0545. The first-order valence-corrected chi connectivity index (χ1v) is 8.92. The zero-order valence-electron chi connectivity index (χ0n) is 14.1. The second-order valence-electron chi connectivity index (χ2n) is 5.92. The van der Waals surface area contributed by atoms with Gasteiger partial charge in [-0.3, -0.25) is 4.79 Å². The van der Waals surface area contributed by atoms with Crippen molar-refractivity contribution < 1.29 is 9.53 Å². The number of carbonyl (C=O) groups is 1. The molecule has 0 spiro atoms. The molecular formula is C18H36O2. The van der Waals surface area contributed by atoms with Crippen molar-refractivity contribution >= 4 is 5.97 Å². The number of carbonyl (C=O) groups excluding carboxylic acids is 1. The van der Waals surface area contributed by atoms with E-state index in [-0.39, 0.29) is 11.9 Å². The van der Waals surface area contributed by atoms with E-state index < -0.39 is 0 Å². The molecule has 0 radical (unpaired) electrons. The van der Waals surface area contributed by atoms with Crippen LogP contribution in [0.4, 0.5) is 0 Å². The minimum atomic E-state index is 0.0545. The van der Waals surface area contributed by atoms with Crippen molar-refractivity contribution in [1.29, 1.82) is 0 Å². The Morgan fingerprint density at radius 3 is 1.95 bits per heavy atom. The third-order valence-corrected chi connectivity index (χ3v) is 3.87. The van der Waals surface area contributed by atoms with Crippen LogP contribution in [0.2, 0.25) is 0 Å². The van der Waals surface area contributed by atoms with Crippen molar-refractivity contribution in [2.24, 2.45) is 5.92 Å². The highest BCUT2D eigenvalue weighted by Gasteiger charge is 2.18. The first kappa shape index (κ1) is 19.5. The quantitative estimate of drug-likeness (QED) is 0.294. The van der Waals surface area contributed by atoms with Crippen LogP contribution in [-0.2, 0) is 9.53 Å². The lowest BCUT2D eigenvalue weighted by molar-refractivity contribution is -0.149. The molecule has 2 nitrogen and oxygen atoms in total. The lowest BCUT2D eigenvalue weighted by Crippen LogP contribution is -2.18. The smallest absolute Gasteiger partial charge is 0.308 e. The van der Waals surface area contributed by atoms with Gasteiger partial charge in [0, 0.05) is 0 Å². The Bertz CT molecular complexity index is 213. The molecule has 1 unspecified atom stereocenters. The minimum Gasteiger partial charge on any atom is -0.465 e. The summed E-state index contributed by atoms with van der Waals surface area (Å²) in [6.45, 7) is 7.21. The van der Waals surface area contributed by atoms with Crippen LogP contribution < -0.4 is 0 Å². The summed E-state index contributed by atoms with van der Waals surface area (Å²) in [6, 6.07) is 0. The van der Waals surface area contributed by atoms with E-state index in [1.54, 1.807) is 0 Å². The summed E-state index contributed by atoms with van der Waals surface area (Å²) in [6.07, 6.45) is 14.1. The summed E-state index contributed by atoms with van der Waals surface area (Å²) in [5.41, 5.74) is 0. The van der Waals surface area contributed by atoms with Gasteiger partial charge in [-0.2, -0.15) is 0 Å². The van der Waals surface area contributed by atoms with Crippen molar-refractivity contribution in [3.05, 3.63) is 0 Å². The average molecular weight is 284 g/mol. The van der Waals surface area contributed by atoms with Crippen LogP contribution in [0.15, 0.2) is 0 Å². The van der Waals surface area contributed by atoms with E-state index in [4.69, 9.17) is 4.74 Å². The molecule has 0 rings (SSSR count). The van der Waals surface area contributed by atoms with Crippen LogP contribution in [0.1, 0.15) is 97.8 Å². The number of rotatable bonds is 14. The van der Waals surface area contributed by atoms with Crippen molar-refractivity contribution in [2.75, 3.05) is 6.61 Å². The SMILES string of the molecule is CCCCCCCOC(=O)C(CCC)CCCCCC. The van der Waals surface area contributed by atoms with E-state index in [0.717, 1.165) is 25.7 Å². The molecule has 1 atom stereocenters. The molecule has 0 heterocycles. The maximum atomic E-state index is 12.1. The highest BCUT2D eigenvalue weighted by molar-refractivity contribution is 5.72. The summed E-state index contributed by atoms with van der Waals surface area (Å²) in [5.74, 6) is 0.200. The molecule has 0 aromatic carbocycles. The Hall–Kier alpha value is -0.530. The molecule has 20 heavy (non-hydrogen) atoms. The molecular weight excluding hydrogens is 248 g/mol. The van der Waals surface area contributed by atoms with Gasteiger partial charge in [-0.15, -0.1) is 0 Å². The Kier molecular flexibility index (Phi) is 14.5. The number of hydrogen-bond acceptors (Lipinski definition) is 2. The molecule has 0 saturated carbocycles. The standard InChI is InChI=1S/C18H36O2/c1-4-7-9-11-13-16-20-18(19)17(14-6-3)15-12-10-8-5-2/h17H,4-16H2,1-3H3. The first-order chi connectivity index (χ1) is 9.76. The zero-order valence-corrected chi connectivity index (χ0v) is 14.1. The summed E-state index contributed by atoms with van der Waals surface area (Å²) < 4.78 is 5.46. The summed E-state index contributed by atoms with van der Waals surface area (Å²) in [4.78, 5) is 12.1. The van der Waals surface area contributed by atoms with E-state index in [0.29, 0.717) is 6.61 Å². The zero-order chi connectivity index (χ0) is 15.1. The fraction of sp³-hybridized carbons (Fsp3) is 0.944. The monoisotopic (exact) mass is 284 g/mol. The fourth-order valence-corrected chi connectivity index (χ4v) is 2.54. The van der Waals surface area contributed by atoms with Gasteiger partial charge in [0.25, 0.3) is 0 Å². The van der Waals surface area contributed by atoms with Crippen LogP contribution in [-0.4, -0.2) is 12.6 Å². The molecule has 0 aromatic heterocycles. The second-order valence-corrected chi connectivity index (χ2v) is 5.92. The summed E-state index contributed by atoms with van der Waals surface area (Å²) in [7, 11) is 0. The third-order valence-electron chi connectivity index (χ3n) is 3.87. The molecule has 0 aliphatic rings. The van der Waals surface area contributed by atoms with Gasteiger partial charge in [0.05, 0.1) is 12.5 Å². The van der Waals surface area contributed by atoms with Gasteiger partial charge in [-0.25, -0.2) is 0 Å². The highest BCUT2D eigenvalue weighted by Crippen LogP contribution is 2.18. The first-order valence-electron chi connectivity index (χ1n) is 8.92. The summed E-state index contributed by atoms with van der Waals surface area (Å²) in [5, 5.41) is 0. The molecule has 0 fully saturated rings. The van der Waals surface area contributed by atoms with Crippen LogP contribution in [0.25, 0.3) is 0 Å². The molecule has 0 saturated heterocycles. The van der Waals surface area contributed by atoms with Gasteiger partial charge in [0.15, 0.2) is 0 Å². The summed E-state index contributed by atoms with van der Waals surface area (Å²) >= 11 is 0. The molecule has 0 aliphatic heterocycles. The van der Waals surface area contributed by atoms with E-state index >= 15 is 0 Å². The van der Waals surface area contributed by atoms with Crippen molar-refractivity contribution in [2.45, 2.75) is 97.8 Å². The Morgan fingerprint density at radius 2 is 1.35 bits per heavy atom. The third kappa shape index (κ3) is 11.3. The van der Waals surface area contributed by atoms with Crippen molar-refractivity contribution in [1.82, 2.24) is 0 Å². The predicted molar refractivity (Wildman–Crippen MR) is 86.9 cm³/mol. The van der Waals surface area contributed by atoms with E-state index in [2.05, 4.69) is 20.8 Å². The van der Waals surface area contributed by atoms with Crippen LogP contribution >= 0.6 is 0 Å². The second kappa shape index (κ2) is 14.9.